The van der Waals surface area contributed by atoms with E-state index >= 15 is 0 Å². The molecule has 1 atom stereocenters. The third kappa shape index (κ3) is 3.76. The first-order valence-electron chi connectivity index (χ1n) is 8.92. The molecule has 0 saturated carbocycles. The van der Waals surface area contributed by atoms with Gasteiger partial charge in [0.15, 0.2) is 0 Å². The van der Waals surface area contributed by atoms with Crippen LogP contribution in [0.3, 0.4) is 0 Å². The van der Waals surface area contributed by atoms with Gasteiger partial charge in [-0.1, -0.05) is 6.07 Å². The summed E-state index contributed by atoms with van der Waals surface area (Å²) in [6.45, 7) is 2.75. The molecule has 0 radical (unpaired) electrons. The number of anilines is 1. The molecule has 0 bridgehead atoms. The molecule has 1 aliphatic heterocycles. The van der Waals surface area contributed by atoms with Crippen LogP contribution in [0.15, 0.2) is 53.7 Å². The van der Waals surface area contributed by atoms with E-state index < -0.39 is 15.8 Å². The Kier molecular flexibility index (Phi) is 4.86. The molecule has 4 rings (SSSR count). The van der Waals surface area contributed by atoms with E-state index in [0.29, 0.717) is 31.0 Å². The highest BCUT2D eigenvalue weighted by Gasteiger charge is 2.30. The second kappa shape index (κ2) is 7.33. The van der Waals surface area contributed by atoms with Gasteiger partial charge >= 0.3 is 0 Å². The maximum absolute atomic E-state index is 14.0. The van der Waals surface area contributed by atoms with Crippen molar-refractivity contribution in [1.82, 2.24) is 19.7 Å². The van der Waals surface area contributed by atoms with Gasteiger partial charge in [-0.05, 0) is 49.2 Å². The first kappa shape index (κ1) is 18.6. The van der Waals surface area contributed by atoms with Crippen molar-refractivity contribution < 1.29 is 12.8 Å². The van der Waals surface area contributed by atoms with Crippen molar-refractivity contribution in [2.75, 3.05) is 18.0 Å². The Morgan fingerprint density at radius 1 is 1.29 bits per heavy atom. The van der Waals surface area contributed by atoms with Crippen LogP contribution in [-0.2, 0) is 10.0 Å². The first-order chi connectivity index (χ1) is 13.4. The molecule has 9 heteroatoms. The highest BCUT2D eigenvalue weighted by atomic mass is 32.2. The van der Waals surface area contributed by atoms with Crippen LogP contribution in [0.1, 0.15) is 12.0 Å². The molecule has 1 aliphatic rings. The van der Waals surface area contributed by atoms with Crippen molar-refractivity contribution in [2.45, 2.75) is 24.3 Å². The van der Waals surface area contributed by atoms with Crippen molar-refractivity contribution in [2.24, 2.45) is 0 Å². The third-order valence-electron chi connectivity index (χ3n) is 4.69. The topological polar surface area (TPSA) is 91.0 Å². The Morgan fingerprint density at radius 2 is 2.14 bits per heavy atom. The van der Waals surface area contributed by atoms with Gasteiger partial charge in [0.25, 0.3) is 0 Å². The fourth-order valence-electron chi connectivity index (χ4n) is 3.28. The summed E-state index contributed by atoms with van der Waals surface area (Å²) >= 11 is 0. The molecule has 2 N–H and O–H groups in total. The fourth-order valence-corrected chi connectivity index (χ4v) is 4.70. The summed E-state index contributed by atoms with van der Waals surface area (Å²) in [5, 5.41) is 0. The lowest BCUT2D eigenvalue weighted by molar-refractivity contribution is 0.543. The van der Waals surface area contributed by atoms with E-state index in [0.717, 1.165) is 11.4 Å². The summed E-state index contributed by atoms with van der Waals surface area (Å²) in [5.74, 6) is -0.217. The minimum Gasteiger partial charge on any atom is -0.360 e. The monoisotopic (exact) mass is 401 g/mol. The van der Waals surface area contributed by atoms with E-state index in [1.165, 1.54) is 12.1 Å². The molecule has 0 amide bonds. The number of hydrogen-bond acceptors (Lipinski definition) is 5. The van der Waals surface area contributed by atoms with Crippen LogP contribution in [0.5, 0.6) is 0 Å². The van der Waals surface area contributed by atoms with E-state index in [-0.39, 0.29) is 10.9 Å². The SMILES string of the molecule is Cc1ccc(F)c(S(=O)(=O)NC2CCN(c3nccc(-c4ccc[nH]4)n3)C2)c1. The second-order valence-corrected chi connectivity index (χ2v) is 8.49. The van der Waals surface area contributed by atoms with Gasteiger partial charge in [0, 0.05) is 31.5 Å². The average molecular weight is 401 g/mol. The predicted molar refractivity (Wildman–Crippen MR) is 104 cm³/mol. The van der Waals surface area contributed by atoms with E-state index in [2.05, 4.69) is 19.7 Å². The van der Waals surface area contributed by atoms with Crippen molar-refractivity contribution in [3.63, 3.8) is 0 Å². The first-order valence-corrected chi connectivity index (χ1v) is 10.4. The molecule has 3 aromatic rings. The zero-order valence-electron chi connectivity index (χ0n) is 15.3. The van der Waals surface area contributed by atoms with Gasteiger partial charge in [0.1, 0.15) is 10.7 Å². The average Bonchev–Trinajstić information content (AvgIpc) is 3.35. The zero-order valence-corrected chi connectivity index (χ0v) is 16.1. The zero-order chi connectivity index (χ0) is 19.7. The van der Waals surface area contributed by atoms with E-state index in [1.54, 1.807) is 19.2 Å². The van der Waals surface area contributed by atoms with Gasteiger partial charge in [-0.25, -0.2) is 27.5 Å². The molecular formula is C19H20FN5O2S. The standard InChI is InChI=1S/C19H20FN5O2S/c1-13-4-5-15(20)18(11-13)28(26,27)24-14-7-10-25(12-14)19-22-9-6-17(23-19)16-3-2-8-21-16/h2-6,8-9,11,14,21,24H,7,10,12H2,1H3. The Morgan fingerprint density at radius 3 is 2.93 bits per heavy atom. The number of rotatable bonds is 5. The summed E-state index contributed by atoms with van der Waals surface area (Å²) in [5.41, 5.74) is 2.33. The molecule has 0 spiro atoms. The Labute approximate surface area is 162 Å². The molecule has 1 aromatic carbocycles. The molecular weight excluding hydrogens is 381 g/mol. The highest BCUT2D eigenvalue weighted by Crippen LogP contribution is 2.22. The van der Waals surface area contributed by atoms with E-state index in [1.807, 2.05) is 29.3 Å². The smallest absolute Gasteiger partial charge is 0.243 e. The summed E-state index contributed by atoms with van der Waals surface area (Å²) < 4.78 is 41.8. The van der Waals surface area contributed by atoms with Crippen molar-refractivity contribution in [3.8, 4) is 11.4 Å². The predicted octanol–water partition coefficient (Wildman–Crippen LogP) is 2.48. The number of hydrogen-bond donors (Lipinski definition) is 2. The van der Waals surface area contributed by atoms with Gasteiger partial charge in [-0.2, -0.15) is 0 Å². The van der Waals surface area contributed by atoms with E-state index in [4.69, 9.17) is 0 Å². The van der Waals surface area contributed by atoms with Crippen LogP contribution in [0.25, 0.3) is 11.4 Å². The summed E-state index contributed by atoms with van der Waals surface area (Å²) in [6, 6.07) is 9.33. The van der Waals surface area contributed by atoms with Gasteiger partial charge in [-0.15, -0.1) is 0 Å². The van der Waals surface area contributed by atoms with Crippen LogP contribution in [0.2, 0.25) is 0 Å². The molecule has 1 saturated heterocycles. The van der Waals surface area contributed by atoms with Crippen LogP contribution in [-0.4, -0.2) is 42.5 Å². The number of aromatic amines is 1. The van der Waals surface area contributed by atoms with Crippen LogP contribution >= 0.6 is 0 Å². The van der Waals surface area contributed by atoms with Crippen LogP contribution < -0.4 is 9.62 Å². The van der Waals surface area contributed by atoms with Crippen molar-refractivity contribution in [3.05, 3.63) is 60.2 Å². The number of aryl methyl sites for hydroxylation is 1. The molecule has 2 aromatic heterocycles. The highest BCUT2D eigenvalue weighted by molar-refractivity contribution is 7.89. The van der Waals surface area contributed by atoms with Crippen LogP contribution in [0.4, 0.5) is 10.3 Å². The third-order valence-corrected chi connectivity index (χ3v) is 6.22. The Balaban J connectivity index is 1.49. The lowest BCUT2D eigenvalue weighted by Gasteiger charge is -2.17. The molecule has 146 valence electrons. The number of aromatic nitrogens is 3. The van der Waals surface area contributed by atoms with Crippen molar-refractivity contribution >= 4 is 16.0 Å². The summed E-state index contributed by atoms with van der Waals surface area (Å²) in [4.78, 5) is 13.6. The number of H-pyrrole nitrogens is 1. The summed E-state index contributed by atoms with van der Waals surface area (Å²) in [7, 11) is -3.94. The van der Waals surface area contributed by atoms with Gasteiger partial charge in [0.05, 0.1) is 11.4 Å². The Hall–Kier alpha value is -2.78. The van der Waals surface area contributed by atoms with Gasteiger partial charge < -0.3 is 9.88 Å². The molecule has 1 fully saturated rings. The number of nitrogens with one attached hydrogen (secondary N) is 2. The Bertz CT molecular complexity index is 1090. The number of benzene rings is 1. The minimum absolute atomic E-state index is 0.323. The minimum atomic E-state index is -3.94. The lowest BCUT2D eigenvalue weighted by atomic mass is 10.2. The molecule has 7 nitrogen and oxygen atoms in total. The molecule has 28 heavy (non-hydrogen) atoms. The van der Waals surface area contributed by atoms with Gasteiger partial charge in [-0.3, -0.25) is 0 Å². The largest absolute Gasteiger partial charge is 0.360 e. The number of halogens is 1. The second-order valence-electron chi connectivity index (χ2n) is 6.81. The molecule has 0 aliphatic carbocycles. The number of nitrogens with zero attached hydrogens (tertiary/aromatic N) is 3. The number of sulfonamides is 1. The van der Waals surface area contributed by atoms with E-state index in [9.17, 15) is 12.8 Å². The normalized spacial score (nSPS) is 17.2. The maximum Gasteiger partial charge on any atom is 0.243 e. The van der Waals surface area contributed by atoms with Crippen molar-refractivity contribution in [1.29, 1.82) is 0 Å². The lowest BCUT2D eigenvalue weighted by Crippen LogP contribution is -2.37. The van der Waals surface area contributed by atoms with Gasteiger partial charge in [0.2, 0.25) is 16.0 Å². The summed E-state index contributed by atoms with van der Waals surface area (Å²) in [6.07, 6.45) is 4.09. The maximum atomic E-state index is 14.0. The quantitative estimate of drug-likeness (QED) is 0.685. The fraction of sp³-hybridized carbons (Fsp3) is 0.263. The van der Waals surface area contributed by atoms with Crippen LogP contribution in [0, 0.1) is 12.7 Å². The molecule has 3 heterocycles. The molecule has 1 unspecified atom stereocenters.